The molecule has 3 aromatic heterocycles. The van der Waals surface area contributed by atoms with Crippen LogP contribution in [0.3, 0.4) is 0 Å². The van der Waals surface area contributed by atoms with E-state index in [1.807, 2.05) is 31.0 Å². The molecule has 0 N–H and O–H groups in total. The highest BCUT2D eigenvalue weighted by molar-refractivity contribution is 5.27. The molecule has 3 rings (SSSR count). The molecule has 0 aliphatic heterocycles. The van der Waals surface area contributed by atoms with Crippen LogP contribution in [0.4, 0.5) is 0 Å². The number of pyridine rings is 2. The number of rotatable bonds is 7. The van der Waals surface area contributed by atoms with Crippen LogP contribution in [0.5, 0.6) is 0 Å². The molecule has 3 aromatic rings. The van der Waals surface area contributed by atoms with Crippen molar-refractivity contribution >= 4 is 0 Å². The Hall–Kier alpha value is -2.62. The number of hydrogen-bond donors (Lipinski definition) is 0. The fourth-order valence-electron chi connectivity index (χ4n) is 3.33. The van der Waals surface area contributed by atoms with Gasteiger partial charge in [0.2, 0.25) is 0 Å². The molecule has 2 unspecified atom stereocenters. The molecule has 4 heteroatoms. The summed E-state index contributed by atoms with van der Waals surface area (Å²) in [5.41, 5.74) is 6.20. The Bertz CT molecular complexity index is 861. The molecular formula is C23H28N4. The Balaban J connectivity index is 1.70. The lowest BCUT2D eigenvalue weighted by Crippen LogP contribution is -2.04. The standard InChI is InChI=1S/C23H28N4/c1-16(2)23-10-19(5-6-27-23)7-17(3)21-9-20(11-24-12-21)8-18(4)22-13-25-15-26-14-22/h5-6,9-18H,7-8H2,1-4H3. The molecule has 3 heterocycles. The van der Waals surface area contributed by atoms with Crippen molar-refractivity contribution in [1.29, 1.82) is 0 Å². The van der Waals surface area contributed by atoms with Gasteiger partial charge in [-0.25, -0.2) is 9.97 Å². The minimum absolute atomic E-state index is 0.368. The highest BCUT2D eigenvalue weighted by Crippen LogP contribution is 2.24. The van der Waals surface area contributed by atoms with Crippen LogP contribution in [0.2, 0.25) is 0 Å². The third-order valence-corrected chi connectivity index (χ3v) is 5.06. The topological polar surface area (TPSA) is 51.6 Å². The van der Waals surface area contributed by atoms with E-state index in [1.54, 1.807) is 6.33 Å². The van der Waals surface area contributed by atoms with Crippen LogP contribution >= 0.6 is 0 Å². The maximum absolute atomic E-state index is 4.50. The van der Waals surface area contributed by atoms with Crippen molar-refractivity contribution in [1.82, 2.24) is 19.9 Å². The zero-order chi connectivity index (χ0) is 19.2. The van der Waals surface area contributed by atoms with E-state index in [2.05, 4.69) is 65.8 Å². The summed E-state index contributed by atoms with van der Waals surface area (Å²) in [6, 6.07) is 6.65. The largest absolute Gasteiger partial charge is 0.264 e. The van der Waals surface area contributed by atoms with Crippen molar-refractivity contribution < 1.29 is 0 Å². The van der Waals surface area contributed by atoms with Gasteiger partial charge in [0.05, 0.1) is 0 Å². The first-order valence-corrected chi connectivity index (χ1v) is 9.66. The first kappa shape index (κ1) is 19.2. The zero-order valence-electron chi connectivity index (χ0n) is 16.6. The van der Waals surface area contributed by atoms with Crippen molar-refractivity contribution in [2.24, 2.45) is 0 Å². The molecule has 140 valence electrons. The highest BCUT2D eigenvalue weighted by atomic mass is 14.8. The molecule has 0 bridgehead atoms. The van der Waals surface area contributed by atoms with E-state index in [9.17, 15) is 0 Å². The maximum Gasteiger partial charge on any atom is 0.115 e. The Morgan fingerprint density at radius 2 is 1.41 bits per heavy atom. The van der Waals surface area contributed by atoms with Gasteiger partial charge in [-0.1, -0.05) is 33.8 Å². The summed E-state index contributed by atoms with van der Waals surface area (Å²) in [6.45, 7) is 8.84. The lowest BCUT2D eigenvalue weighted by molar-refractivity contribution is 0.725. The molecule has 0 saturated carbocycles. The summed E-state index contributed by atoms with van der Waals surface area (Å²) in [5.74, 6) is 1.23. The van der Waals surface area contributed by atoms with Gasteiger partial charge in [0.1, 0.15) is 6.33 Å². The fourth-order valence-corrected chi connectivity index (χ4v) is 3.33. The highest BCUT2D eigenvalue weighted by Gasteiger charge is 2.12. The summed E-state index contributed by atoms with van der Waals surface area (Å²) in [5, 5.41) is 0. The van der Waals surface area contributed by atoms with Crippen LogP contribution in [-0.4, -0.2) is 19.9 Å². The molecule has 0 spiro atoms. The van der Waals surface area contributed by atoms with Crippen LogP contribution in [0, 0.1) is 0 Å². The maximum atomic E-state index is 4.50. The average Bonchev–Trinajstić information content (AvgIpc) is 2.69. The molecular weight excluding hydrogens is 332 g/mol. The lowest BCUT2D eigenvalue weighted by atomic mass is 9.91. The van der Waals surface area contributed by atoms with Crippen LogP contribution in [0.25, 0.3) is 0 Å². The molecule has 0 fully saturated rings. The summed E-state index contributed by atoms with van der Waals surface area (Å²) in [4.78, 5) is 17.2. The van der Waals surface area contributed by atoms with Gasteiger partial charge in [-0.3, -0.25) is 9.97 Å². The minimum atomic E-state index is 0.368. The van der Waals surface area contributed by atoms with Gasteiger partial charge in [-0.05, 0) is 65.0 Å². The second kappa shape index (κ2) is 8.85. The number of nitrogens with zero attached hydrogens (tertiary/aromatic N) is 4. The van der Waals surface area contributed by atoms with E-state index in [4.69, 9.17) is 0 Å². The van der Waals surface area contributed by atoms with Crippen molar-refractivity contribution in [2.75, 3.05) is 0 Å². The van der Waals surface area contributed by atoms with E-state index < -0.39 is 0 Å². The normalized spacial score (nSPS) is 13.5. The van der Waals surface area contributed by atoms with Crippen molar-refractivity contribution in [3.63, 3.8) is 0 Å². The molecule has 0 amide bonds. The Kier molecular flexibility index (Phi) is 6.28. The average molecular weight is 361 g/mol. The number of aromatic nitrogens is 4. The van der Waals surface area contributed by atoms with Gasteiger partial charge in [-0.2, -0.15) is 0 Å². The predicted octanol–water partition coefficient (Wildman–Crippen LogP) is 5.08. The van der Waals surface area contributed by atoms with Crippen molar-refractivity contribution in [3.05, 3.63) is 83.5 Å². The van der Waals surface area contributed by atoms with E-state index in [1.165, 1.54) is 16.7 Å². The van der Waals surface area contributed by atoms with E-state index >= 15 is 0 Å². The predicted molar refractivity (Wildman–Crippen MR) is 109 cm³/mol. The van der Waals surface area contributed by atoms with Crippen LogP contribution < -0.4 is 0 Å². The third-order valence-electron chi connectivity index (χ3n) is 5.06. The van der Waals surface area contributed by atoms with Gasteiger partial charge in [-0.15, -0.1) is 0 Å². The van der Waals surface area contributed by atoms with Crippen LogP contribution in [0.15, 0.2) is 55.5 Å². The van der Waals surface area contributed by atoms with E-state index in [-0.39, 0.29) is 0 Å². The fraction of sp³-hybridized carbons (Fsp3) is 0.391. The SMILES string of the molecule is CC(C)c1cc(CC(C)c2cncc(CC(C)c3cncnc3)c2)ccn1. The smallest absolute Gasteiger partial charge is 0.115 e. The zero-order valence-corrected chi connectivity index (χ0v) is 16.6. The van der Waals surface area contributed by atoms with Gasteiger partial charge in [0.25, 0.3) is 0 Å². The van der Waals surface area contributed by atoms with Gasteiger partial charge in [0.15, 0.2) is 0 Å². The second-order valence-electron chi connectivity index (χ2n) is 7.75. The quantitative estimate of drug-likeness (QED) is 0.589. The van der Waals surface area contributed by atoms with Crippen molar-refractivity contribution in [2.45, 2.75) is 58.3 Å². The summed E-state index contributed by atoms with van der Waals surface area (Å²) < 4.78 is 0. The molecule has 0 aliphatic rings. The minimum Gasteiger partial charge on any atom is -0.264 e. The first-order valence-electron chi connectivity index (χ1n) is 9.66. The first-order chi connectivity index (χ1) is 13.0. The molecule has 0 radical (unpaired) electrons. The van der Waals surface area contributed by atoms with Gasteiger partial charge >= 0.3 is 0 Å². The van der Waals surface area contributed by atoms with Gasteiger partial charge in [0, 0.05) is 36.7 Å². The summed E-state index contributed by atoms with van der Waals surface area (Å²) >= 11 is 0. The van der Waals surface area contributed by atoms with E-state index in [0.717, 1.165) is 24.1 Å². The monoisotopic (exact) mass is 360 g/mol. The Morgan fingerprint density at radius 3 is 2.15 bits per heavy atom. The molecule has 2 atom stereocenters. The summed E-state index contributed by atoms with van der Waals surface area (Å²) in [6.07, 6.45) is 13.2. The second-order valence-corrected chi connectivity index (χ2v) is 7.75. The molecule has 27 heavy (non-hydrogen) atoms. The number of hydrogen-bond acceptors (Lipinski definition) is 4. The van der Waals surface area contributed by atoms with E-state index in [0.29, 0.717) is 17.8 Å². The van der Waals surface area contributed by atoms with Gasteiger partial charge < -0.3 is 0 Å². The summed E-state index contributed by atoms with van der Waals surface area (Å²) in [7, 11) is 0. The molecule has 0 aliphatic carbocycles. The molecule has 0 aromatic carbocycles. The van der Waals surface area contributed by atoms with Crippen LogP contribution in [-0.2, 0) is 12.8 Å². The third kappa shape index (κ3) is 5.19. The Labute approximate surface area is 162 Å². The van der Waals surface area contributed by atoms with Crippen molar-refractivity contribution in [3.8, 4) is 0 Å². The molecule has 0 saturated heterocycles. The Morgan fingerprint density at radius 1 is 0.741 bits per heavy atom. The molecule has 4 nitrogen and oxygen atoms in total. The lowest BCUT2D eigenvalue weighted by Gasteiger charge is -2.15. The van der Waals surface area contributed by atoms with Crippen LogP contribution in [0.1, 0.15) is 73.4 Å².